The van der Waals surface area contributed by atoms with Crippen molar-refractivity contribution in [1.82, 2.24) is 25.3 Å². The van der Waals surface area contributed by atoms with Gasteiger partial charge in [0.1, 0.15) is 17.5 Å². The minimum absolute atomic E-state index is 0.0173. The quantitative estimate of drug-likeness (QED) is 0.0413. The second-order valence-corrected chi connectivity index (χ2v) is 13.7. The van der Waals surface area contributed by atoms with E-state index in [1.54, 1.807) is 38.1 Å². The number of amides is 3. The monoisotopic (exact) mass is 816 g/mol. The lowest BCUT2D eigenvalue weighted by atomic mass is 10.1. The van der Waals surface area contributed by atoms with Crippen LogP contribution in [0.1, 0.15) is 63.5 Å². The smallest absolute Gasteiger partial charge is 0.475 e. The minimum atomic E-state index is -3.72. The van der Waals surface area contributed by atoms with E-state index >= 15 is 0 Å². The number of carboxylic acid groups (broad SMARTS) is 1. The van der Waals surface area contributed by atoms with E-state index < -0.39 is 49.1 Å². The molecule has 2 heterocycles. The molecule has 302 valence electrons. The molecule has 3 aromatic carbocycles. The number of esters is 1. The van der Waals surface area contributed by atoms with E-state index in [4.69, 9.17) is 24.0 Å². The fourth-order valence-electron chi connectivity index (χ4n) is 5.10. The molecule has 7 N–H and O–H groups in total. The summed E-state index contributed by atoms with van der Waals surface area (Å²) in [5, 5.41) is 17.3. The number of nitrogen functional groups attached to an aromatic ring is 1. The van der Waals surface area contributed by atoms with Crippen LogP contribution in [0.25, 0.3) is 11.2 Å². The maximum atomic E-state index is 13.1. The number of ether oxygens (including phenoxy) is 1. The Morgan fingerprint density at radius 2 is 1.57 bits per heavy atom. The largest absolute Gasteiger partial charge is 0.480 e. The number of rotatable bonds is 18. The second kappa shape index (κ2) is 19.3. The number of anilines is 3. The topological polar surface area (TPSA) is 293 Å². The Balaban J connectivity index is 1.12. The fourth-order valence-corrected chi connectivity index (χ4v) is 6.26. The van der Waals surface area contributed by atoms with Crippen LogP contribution in [-0.4, -0.2) is 74.0 Å². The lowest BCUT2D eigenvalue weighted by Gasteiger charge is -2.16. The molecule has 1 atom stereocenters. The highest BCUT2D eigenvalue weighted by Gasteiger charge is 2.26. The Labute approximate surface area is 329 Å². The highest BCUT2D eigenvalue weighted by atomic mass is 31.2. The van der Waals surface area contributed by atoms with Crippen LogP contribution < -0.4 is 32.0 Å². The number of carbonyl (C=O) groups is 5. The summed E-state index contributed by atoms with van der Waals surface area (Å²) in [6, 6.07) is 16.2. The van der Waals surface area contributed by atoms with Crippen LogP contribution in [0, 0.1) is 0 Å². The number of carboxylic acids is 1. The maximum absolute atomic E-state index is 13.1. The van der Waals surface area contributed by atoms with Gasteiger partial charge in [0.05, 0.1) is 37.3 Å². The minimum Gasteiger partial charge on any atom is -0.480 e. The van der Waals surface area contributed by atoms with Crippen molar-refractivity contribution in [3.8, 4) is 5.75 Å². The molecule has 5 rings (SSSR count). The van der Waals surface area contributed by atoms with Crippen molar-refractivity contribution in [3.05, 3.63) is 112 Å². The molecule has 0 aliphatic rings. The number of phosphoric acid groups is 1. The zero-order valence-corrected chi connectivity index (χ0v) is 31.8. The summed E-state index contributed by atoms with van der Waals surface area (Å²) in [6.45, 7) is 3.49. The molecule has 0 radical (unpaired) electrons. The van der Waals surface area contributed by atoms with Crippen LogP contribution in [-0.2, 0) is 34.3 Å². The number of carbonyl (C=O) groups excluding carboxylic acids is 4. The number of hydrogen-bond acceptors (Lipinski definition) is 15. The third-order valence-corrected chi connectivity index (χ3v) is 9.45. The summed E-state index contributed by atoms with van der Waals surface area (Å²) in [6.07, 6.45) is 0.467. The van der Waals surface area contributed by atoms with Gasteiger partial charge in [0.2, 0.25) is 11.9 Å². The molecule has 0 saturated carbocycles. The molecule has 0 spiro atoms. The Morgan fingerprint density at radius 3 is 2.24 bits per heavy atom. The van der Waals surface area contributed by atoms with Crippen LogP contribution >= 0.6 is 7.82 Å². The van der Waals surface area contributed by atoms with E-state index in [9.17, 15) is 38.4 Å². The number of aromatic nitrogens is 4. The molecule has 5 aromatic rings. The summed E-state index contributed by atoms with van der Waals surface area (Å²) in [5.74, 6) is -4.28. The predicted molar refractivity (Wildman–Crippen MR) is 207 cm³/mol. The number of hydrogen-bond donors (Lipinski definition) is 6. The van der Waals surface area contributed by atoms with Gasteiger partial charge < -0.3 is 31.5 Å². The lowest BCUT2D eigenvalue weighted by Crippen LogP contribution is -2.41. The van der Waals surface area contributed by atoms with Crippen LogP contribution in [0.15, 0.2) is 83.8 Å². The number of para-hydroxylation sites is 1. The molecular formula is C37H37N8O12P. The SMILES string of the molecule is CCOP(=O)(OCC)OCc1ccc(OC(=O)c2ccccc2NC(=O)CC[C@H](NC(=O)c2ccc(NC(=O)c3cnc4nc(N)[nH]c(=O)c4n3)cc2)C(=O)O)cc1. The molecular weight excluding hydrogens is 779 g/mol. The first-order chi connectivity index (χ1) is 27.8. The van der Waals surface area contributed by atoms with Crippen molar-refractivity contribution in [1.29, 1.82) is 0 Å². The van der Waals surface area contributed by atoms with Gasteiger partial charge in [0, 0.05) is 17.7 Å². The molecule has 21 heteroatoms. The van der Waals surface area contributed by atoms with Gasteiger partial charge in [-0.3, -0.25) is 37.7 Å². The van der Waals surface area contributed by atoms with E-state index in [2.05, 4.69) is 35.9 Å². The van der Waals surface area contributed by atoms with Crippen LogP contribution in [0.5, 0.6) is 5.75 Å². The number of H-pyrrole nitrogens is 1. The standard InChI is InChI=1S/C37H37N8O12P/c1-3-54-58(53,55-4-2)56-20-21-9-15-24(16-10-21)57-36(52)25-7-5-6-8-26(25)41-29(46)18-17-27(35(50)51)43-32(47)22-11-13-23(14-12-22)40-33(48)28-19-39-31-30(42-28)34(49)45-37(38)44-31/h5-16,19,27H,3-4,17-18,20H2,1-2H3,(H,40,48)(H,41,46)(H,43,47)(H,50,51)(H3,38,39,44,45,49)/t27-/m0/s1. The van der Waals surface area contributed by atoms with E-state index in [-0.39, 0.29) is 83.7 Å². The summed E-state index contributed by atoms with van der Waals surface area (Å²) < 4.78 is 33.6. The van der Waals surface area contributed by atoms with E-state index in [0.29, 0.717) is 5.56 Å². The van der Waals surface area contributed by atoms with Crippen LogP contribution in [0.4, 0.5) is 17.3 Å². The molecule has 0 aliphatic heterocycles. The van der Waals surface area contributed by atoms with Crippen molar-refractivity contribution in [3.63, 3.8) is 0 Å². The second-order valence-electron chi connectivity index (χ2n) is 12.0. The summed E-state index contributed by atoms with van der Waals surface area (Å²) in [5.41, 5.74) is 5.42. The molecule has 0 saturated heterocycles. The van der Waals surface area contributed by atoms with Gasteiger partial charge in [-0.05, 0) is 74.4 Å². The van der Waals surface area contributed by atoms with Crippen molar-refractivity contribution in [2.45, 2.75) is 39.3 Å². The average molecular weight is 817 g/mol. The van der Waals surface area contributed by atoms with E-state index in [1.165, 1.54) is 48.5 Å². The molecule has 20 nitrogen and oxygen atoms in total. The Morgan fingerprint density at radius 1 is 0.879 bits per heavy atom. The summed E-state index contributed by atoms with van der Waals surface area (Å²) in [7, 11) is -3.72. The average Bonchev–Trinajstić information content (AvgIpc) is 3.19. The first-order valence-corrected chi connectivity index (χ1v) is 18.9. The van der Waals surface area contributed by atoms with Crippen molar-refractivity contribution < 1.29 is 52.0 Å². The number of nitrogens with zero attached hydrogens (tertiary/aromatic N) is 3. The Bertz CT molecular complexity index is 2420. The molecule has 58 heavy (non-hydrogen) atoms. The third kappa shape index (κ3) is 11.4. The van der Waals surface area contributed by atoms with Gasteiger partial charge in [-0.2, -0.15) is 4.98 Å². The number of aliphatic carboxylic acids is 1. The zero-order valence-electron chi connectivity index (χ0n) is 30.9. The number of fused-ring (bicyclic) bond motifs is 1. The van der Waals surface area contributed by atoms with Gasteiger partial charge in [0.15, 0.2) is 11.2 Å². The number of phosphoric ester groups is 1. The summed E-state index contributed by atoms with van der Waals surface area (Å²) >= 11 is 0. The van der Waals surface area contributed by atoms with Crippen molar-refractivity contribution in [2.24, 2.45) is 0 Å². The Kier molecular flexibility index (Phi) is 14.1. The lowest BCUT2D eigenvalue weighted by molar-refractivity contribution is -0.139. The van der Waals surface area contributed by atoms with E-state index in [0.717, 1.165) is 6.20 Å². The summed E-state index contributed by atoms with van der Waals surface area (Å²) in [4.78, 5) is 89.8. The zero-order chi connectivity index (χ0) is 41.8. The fraction of sp³-hybridized carbons (Fsp3) is 0.216. The van der Waals surface area contributed by atoms with Gasteiger partial charge in [-0.15, -0.1) is 0 Å². The molecule has 3 amide bonds. The highest BCUT2D eigenvalue weighted by Crippen LogP contribution is 2.49. The molecule has 0 fully saturated rings. The molecule has 0 unspecified atom stereocenters. The van der Waals surface area contributed by atoms with Gasteiger partial charge in [0.25, 0.3) is 17.4 Å². The van der Waals surface area contributed by atoms with Crippen molar-refractivity contribution >= 4 is 66.0 Å². The van der Waals surface area contributed by atoms with Crippen LogP contribution in [0.3, 0.4) is 0 Å². The molecule has 0 bridgehead atoms. The number of nitrogens with two attached hydrogens (primary N) is 1. The van der Waals surface area contributed by atoms with Gasteiger partial charge in [-0.1, -0.05) is 24.3 Å². The molecule has 0 aliphatic carbocycles. The number of nitrogens with one attached hydrogen (secondary N) is 4. The van der Waals surface area contributed by atoms with E-state index in [1.807, 2.05) is 0 Å². The maximum Gasteiger partial charge on any atom is 0.475 e. The van der Waals surface area contributed by atoms with Crippen LogP contribution in [0.2, 0.25) is 0 Å². The third-order valence-electron chi connectivity index (χ3n) is 7.86. The predicted octanol–water partition coefficient (Wildman–Crippen LogP) is 4.07. The Hall–Kier alpha value is -6.86. The first kappa shape index (κ1) is 42.3. The van der Waals surface area contributed by atoms with Gasteiger partial charge >= 0.3 is 19.8 Å². The number of aromatic amines is 1. The van der Waals surface area contributed by atoms with Crippen molar-refractivity contribution in [2.75, 3.05) is 29.6 Å². The van der Waals surface area contributed by atoms with Gasteiger partial charge in [-0.25, -0.2) is 24.1 Å². The number of benzene rings is 3. The molecule has 2 aromatic heterocycles. The highest BCUT2D eigenvalue weighted by molar-refractivity contribution is 7.48. The first-order valence-electron chi connectivity index (χ1n) is 17.5. The normalized spacial score (nSPS) is 11.7.